The number of aliphatic hydroxyl groups is 1. The molecule has 2 saturated heterocycles. The first kappa shape index (κ1) is 16.1. The van der Waals surface area contributed by atoms with Crippen molar-refractivity contribution in [2.75, 3.05) is 5.32 Å². The summed E-state index contributed by atoms with van der Waals surface area (Å²) in [6.45, 7) is 9.46. The highest BCUT2D eigenvalue weighted by Crippen LogP contribution is 2.62. The Labute approximate surface area is 146 Å². The molecule has 6 heteroatoms. The number of amides is 2. The lowest BCUT2D eigenvalue weighted by atomic mass is 9.68. The predicted molar refractivity (Wildman–Crippen MR) is 93.5 cm³/mol. The van der Waals surface area contributed by atoms with Crippen LogP contribution in [0.5, 0.6) is 0 Å². The number of hydrogen-bond acceptors (Lipinski definition) is 4. The Kier molecular flexibility index (Phi) is 2.99. The average Bonchev–Trinajstić information content (AvgIpc) is 2.99. The summed E-state index contributed by atoms with van der Waals surface area (Å²) in [6.07, 6.45) is 1.89. The number of hydrogen-bond donors (Lipinski definition) is 3. The van der Waals surface area contributed by atoms with Crippen LogP contribution in [0, 0.1) is 5.41 Å². The van der Waals surface area contributed by atoms with Crippen LogP contribution in [-0.2, 0) is 15.2 Å². The SMILES string of the molecule is C=CC(C)(C)[C@@]12Nc3ccccc3[C@]1(O)C[C@H]1C(=O)N[C@@H](C)C(=O)N12. The molecule has 6 nitrogen and oxygen atoms in total. The van der Waals surface area contributed by atoms with Gasteiger partial charge in [0, 0.05) is 23.1 Å². The van der Waals surface area contributed by atoms with Crippen LogP contribution in [0.2, 0.25) is 0 Å². The molecule has 1 aromatic rings. The largest absolute Gasteiger partial charge is 0.380 e. The van der Waals surface area contributed by atoms with Gasteiger partial charge >= 0.3 is 0 Å². The third-order valence-corrected chi connectivity index (χ3v) is 6.16. The summed E-state index contributed by atoms with van der Waals surface area (Å²) in [6, 6.07) is 6.14. The van der Waals surface area contributed by atoms with E-state index in [-0.39, 0.29) is 18.2 Å². The summed E-state index contributed by atoms with van der Waals surface area (Å²) in [5.74, 6) is -0.427. The maximum absolute atomic E-state index is 13.1. The molecule has 0 spiro atoms. The number of benzene rings is 1. The number of piperazine rings is 1. The van der Waals surface area contributed by atoms with E-state index >= 15 is 0 Å². The number of para-hydroxylation sites is 1. The molecular weight excluding hydrogens is 318 g/mol. The molecule has 0 saturated carbocycles. The van der Waals surface area contributed by atoms with E-state index in [0.717, 1.165) is 5.69 Å². The second-order valence-electron chi connectivity index (χ2n) is 7.83. The van der Waals surface area contributed by atoms with E-state index in [1.807, 2.05) is 38.1 Å². The fourth-order valence-electron chi connectivity index (χ4n) is 4.83. The zero-order chi connectivity index (χ0) is 18.2. The van der Waals surface area contributed by atoms with Crippen LogP contribution in [0.15, 0.2) is 36.9 Å². The minimum absolute atomic E-state index is 0.151. The molecule has 1 aromatic carbocycles. The molecule has 4 atom stereocenters. The van der Waals surface area contributed by atoms with Gasteiger partial charge in [0.1, 0.15) is 17.7 Å². The highest BCUT2D eigenvalue weighted by Gasteiger charge is 2.75. The third kappa shape index (κ3) is 1.63. The fourth-order valence-corrected chi connectivity index (χ4v) is 4.83. The number of carbonyl (C=O) groups excluding carboxylic acids is 2. The number of nitrogens with one attached hydrogen (secondary N) is 2. The Morgan fingerprint density at radius 2 is 2.04 bits per heavy atom. The number of nitrogens with zero attached hydrogens (tertiary/aromatic N) is 1. The third-order valence-electron chi connectivity index (χ3n) is 6.16. The Morgan fingerprint density at radius 1 is 1.36 bits per heavy atom. The molecule has 0 unspecified atom stereocenters. The lowest BCUT2D eigenvalue weighted by molar-refractivity contribution is -0.160. The fraction of sp³-hybridized carbons (Fsp3) is 0.474. The monoisotopic (exact) mass is 341 g/mol. The van der Waals surface area contributed by atoms with Crippen molar-refractivity contribution in [3.8, 4) is 0 Å². The Hall–Kier alpha value is -2.34. The summed E-state index contributed by atoms with van der Waals surface area (Å²) < 4.78 is 0. The van der Waals surface area contributed by atoms with Crippen molar-refractivity contribution >= 4 is 17.5 Å². The van der Waals surface area contributed by atoms with Gasteiger partial charge in [0.15, 0.2) is 5.66 Å². The van der Waals surface area contributed by atoms with Crippen molar-refractivity contribution < 1.29 is 14.7 Å². The highest BCUT2D eigenvalue weighted by atomic mass is 16.3. The maximum Gasteiger partial charge on any atom is 0.247 e. The summed E-state index contributed by atoms with van der Waals surface area (Å²) in [5, 5.41) is 18.0. The second-order valence-corrected chi connectivity index (χ2v) is 7.83. The molecule has 2 fully saturated rings. The first-order valence-corrected chi connectivity index (χ1v) is 8.57. The van der Waals surface area contributed by atoms with Gasteiger partial charge < -0.3 is 20.6 Å². The second kappa shape index (κ2) is 4.64. The molecule has 4 rings (SSSR count). The van der Waals surface area contributed by atoms with Crippen LogP contribution < -0.4 is 10.6 Å². The summed E-state index contributed by atoms with van der Waals surface area (Å²) >= 11 is 0. The van der Waals surface area contributed by atoms with Gasteiger partial charge in [-0.3, -0.25) is 9.59 Å². The zero-order valence-corrected chi connectivity index (χ0v) is 14.7. The smallest absolute Gasteiger partial charge is 0.247 e. The lowest BCUT2D eigenvalue weighted by Crippen LogP contribution is -2.73. The molecule has 3 aliphatic rings. The summed E-state index contributed by atoms with van der Waals surface area (Å²) in [5.41, 5.74) is -1.75. The lowest BCUT2D eigenvalue weighted by Gasteiger charge is -2.53. The van der Waals surface area contributed by atoms with Crippen LogP contribution in [0.25, 0.3) is 0 Å². The number of rotatable bonds is 2. The maximum atomic E-state index is 13.1. The molecule has 3 N–H and O–H groups in total. The molecule has 0 aromatic heterocycles. The molecule has 0 radical (unpaired) electrons. The van der Waals surface area contributed by atoms with Gasteiger partial charge in [-0.1, -0.05) is 38.1 Å². The van der Waals surface area contributed by atoms with E-state index in [0.29, 0.717) is 5.56 Å². The van der Waals surface area contributed by atoms with Crippen LogP contribution in [0.4, 0.5) is 5.69 Å². The summed E-state index contributed by atoms with van der Waals surface area (Å²) in [7, 11) is 0. The zero-order valence-electron chi connectivity index (χ0n) is 14.7. The van der Waals surface area contributed by atoms with Gasteiger partial charge in [-0.2, -0.15) is 0 Å². The van der Waals surface area contributed by atoms with Crippen LogP contribution in [-0.4, -0.2) is 39.6 Å². The van der Waals surface area contributed by atoms with Gasteiger partial charge in [0.25, 0.3) is 0 Å². The number of fused-ring (bicyclic) bond motifs is 5. The average molecular weight is 341 g/mol. The van der Waals surface area contributed by atoms with Crippen LogP contribution in [0.1, 0.15) is 32.8 Å². The normalized spacial score (nSPS) is 36.2. The van der Waals surface area contributed by atoms with Crippen molar-refractivity contribution in [1.29, 1.82) is 0 Å². The van der Waals surface area contributed by atoms with Crippen LogP contribution >= 0.6 is 0 Å². The van der Waals surface area contributed by atoms with E-state index in [1.165, 1.54) is 0 Å². The van der Waals surface area contributed by atoms with Gasteiger partial charge in [-0.05, 0) is 13.0 Å². The van der Waals surface area contributed by atoms with E-state index in [1.54, 1.807) is 17.9 Å². The minimum Gasteiger partial charge on any atom is -0.380 e. The quantitative estimate of drug-likeness (QED) is 0.709. The Bertz CT molecular complexity index is 805. The van der Waals surface area contributed by atoms with Crippen molar-refractivity contribution in [1.82, 2.24) is 10.2 Å². The molecular formula is C19H23N3O3. The van der Waals surface area contributed by atoms with Crippen molar-refractivity contribution in [2.45, 2.75) is 50.5 Å². The molecule has 25 heavy (non-hydrogen) atoms. The first-order valence-electron chi connectivity index (χ1n) is 8.57. The van der Waals surface area contributed by atoms with Gasteiger partial charge in [-0.25, -0.2) is 0 Å². The van der Waals surface area contributed by atoms with Crippen molar-refractivity contribution in [3.63, 3.8) is 0 Å². The molecule has 3 heterocycles. The van der Waals surface area contributed by atoms with E-state index in [9.17, 15) is 14.7 Å². The minimum atomic E-state index is -1.39. The van der Waals surface area contributed by atoms with Crippen LogP contribution in [0.3, 0.4) is 0 Å². The molecule has 3 aliphatic heterocycles. The highest BCUT2D eigenvalue weighted by molar-refractivity contribution is 5.99. The van der Waals surface area contributed by atoms with E-state index < -0.39 is 28.8 Å². The molecule has 0 aliphatic carbocycles. The number of carbonyl (C=O) groups is 2. The number of anilines is 1. The standard InChI is InChI=1S/C19H23N3O3/c1-5-17(3,4)19-18(25,12-8-6-7-9-13(12)21-19)10-14-15(23)20-11(2)16(24)22(14)19/h5-9,11,14,21,25H,1,10H2,2-4H3,(H,20,23)/t11-,14-,18+,19-/m0/s1. The predicted octanol–water partition coefficient (Wildman–Crippen LogP) is 1.33. The Balaban J connectivity index is 2.02. The summed E-state index contributed by atoms with van der Waals surface area (Å²) in [4.78, 5) is 27.3. The topological polar surface area (TPSA) is 81.7 Å². The van der Waals surface area contributed by atoms with E-state index in [4.69, 9.17) is 0 Å². The van der Waals surface area contributed by atoms with Gasteiger partial charge in [-0.15, -0.1) is 6.58 Å². The van der Waals surface area contributed by atoms with Crippen molar-refractivity contribution in [3.05, 3.63) is 42.5 Å². The Morgan fingerprint density at radius 3 is 2.72 bits per heavy atom. The first-order chi connectivity index (χ1) is 11.7. The van der Waals surface area contributed by atoms with Gasteiger partial charge in [0.05, 0.1) is 0 Å². The van der Waals surface area contributed by atoms with E-state index in [2.05, 4.69) is 17.2 Å². The molecule has 132 valence electrons. The van der Waals surface area contributed by atoms with Gasteiger partial charge in [0.2, 0.25) is 11.8 Å². The van der Waals surface area contributed by atoms with Crippen molar-refractivity contribution in [2.24, 2.45) is 5.41 Å². The molecule has 0 bridgehead atoms. The molecule has 2 amide bonds.